The topological polar surface area (TPSA) is 199 Å². The average molecular weight is 538 g/mol. The van der Waals surface area contributed by atoms with Crippen LogP contribution >= 0.6 is 8.17 Å². The molecule has 3 heterocycles. The molecule has 0 aliphatic carbocycles. The first-order valence-corrected chi connectivity index (χ1v) is 12.0. The average Bonchev–Trinajstić information content (AvgIpc) is 3.36. The van der Waals surface area contributed by atoms with Crippen molar-refractivity contribution >= 4 is 31.2 Å². The van der Waals surface area contributed by atoms with Gasteiger partial charge in [-0.05, 0) is 26.0 Å². The standard InChI is InChI=1S/C21H24FN6O8P/c1-10(18(31)33-3)27-37(32)36-12-7-5-4-6-11(12)34-8-13-15(29)21(2,22)19(35-13)28-9-24-14-16(28)25-20(23)26-17(14)30/h4-7,9-10,13,15,19,29H,8H2,1-3H3,(H3,23,25,26,30)/t10-,13+,15+,19+,21+/m0/s1. The number of carbonyl (C=O) groups is 1. The van der Waals surface area contributed by atoms with Crippen molar-refractivity contribution in [1.82, 2.24) is 19.5 Å². The minimum absolute atomic E-state index is 0.0140. The van der Waals surface area contributed by atoms with Crippen LogP contribution in [0.3, 0.4) is 0 Å². The highest BCUT2D eigenvalue weighted by atomic mass is 31.1. The van der Waals surface area contributed by atoms with E-state index in [0.717, 1.165) is 6.92 Å². The number of rotatable bonds is 8. The second kappa shape index (κ2) is 10.4. The molecule has 1 unspecified atom stereocenters. The first kappa shape index (κ1) is 26.4. The molecule has 198 valence electrons. The minimum Gasteiger partial charge on any atom is -0.575 e. The van der Waals surface area contributed by atoms with Gasteiger partial charge in [-0.15, -0.1) is 0 Å². The summed E-state index contributed by atoms with van der Waals surface area (Å²) in [6.07, 6.45) is -3.00. The molecule has 3 aromatic rings. The lowest BCUT2D eigenvalue weighted by Gasteiger charge is -2.24. The number of methoxy groups -OCH3 is 1. The number of anilines is 1. The first-order chi connectivity index (χ1) is 17.5. The quantitative estimate of drug-likeness (QED) is 0.272. The summed E-state index contributed by atoms with van der Waals surface area (Å²) in [6.45, 7) is 2.22. The molecular formula is C21H24FN6O8P. The summed E-state index contributed by atoms with van der Waals surface area (Å²) in [5.41, 5.74) is 3.27. The first-order valence-electron chi connectivity index (χ1n) is 10.9. The summed E-state index contributed by atoms with van der Waals surface area (Å²) in [6, 6.07) is 5.17. The minimum atomic E-state index is -2.65. The predicted octanol–water partition coefficient (Wildman–Crippen LogP) is 0.976. The Hall–Kier alpha value is -3.65. The summed E-state index contributed by atoms with van der Waals surface area (Å²) in [7, 11) is -1.47. The van der Waals surface area contributed by atoms with Crippen molar-refractivity contribution in [2.45, 2.75) is 44.0 Å². The number of esters is 1. The monoisotopic (exact) mass is 538 g/mol. The number of halogens is 1. The van der Waals surface area contributed by atoms with Crippen molar-refractivity contribution in [3.05, 3.63) is 30.6 Å². The van der Waals surface area contributed by atoms with Crippen LogP contribution in [0.4, 0.5) is 10.3 Å². The van der Waals surface area contributed by atoms with Crippen molar-refractivity contribution in [3.8, 4) is 17.4 Å². The second-order valence-electron chi connectivity index (χ2n) is 8.25. The zero-order valence-electron chi connectivity index (χ0n) is 19.9. The van der Waals surface area contributed by atoms with Crippen molar-refractivity contribution in [2.75, 3.05) is 19.5 Å². The Morgan fingerprint density at radius 1 is 1.41 bits per heavy atom. The highest BCUT2D eigenvalue weighted by Gasteiger charge is 2.55. The van der Waals surface area contributed by atoms with E-state index >= 15 is 4.39 Å². The number of hydrogen-bond acceptors (Lipinski definition) is 13. The third kappa shape index (κ3) is 5.25. The number of hydrogen-bond donors (Lipinski definition) is 3. The number of nitrogen functional groups attached to an aromatic ring is 1. The van der Waals surface area contributed by atoms with Crippen LogP contribution in [0.15, 0.2) is 35.3 Å². The highest BCUT2D eigenvalue weighted by Crippen LogP contribution is 2.43. The molecule has 0 bridgehead atoms. The summed E-state index contributed by atoms with van der Waals surface area (Å²) in [5.74, 6) is -1.26. The molecule has 0 amide bonds. The number of nitrogens with zero attached hydrogens (tertiary/aromatic N) is 5. The van der Waals surface area contributed by atoms with Gasteiger partial charge in [0.25, 0.3) is 0 Å². The number of alkyl halides is 1. The molecule has 1 aliphatic heterocycles. The molecule has 0 spiro atoms. The maximum absolute atomic E-state index is 15.7. The van der Waals surface area contributed by atoms with Crippen LogP contribution in [-0.4, -0.2) is 73.3 Å². The van der Waals surface area contributed by atoms with E-state index in [4.69, 9.17) is 19.7 Å². The summed E-state index contributed by atoms with van der Waals surface area (Å²) >= 11 is 0. The number of aromatic hydroxyl groups is 1. The molecule has 0 radical (unpaired) electrons. The van der Waals surface area contributed by atoms with Gasteiger partial charge in [0.05, 0.1) is 13.4 Å². The third-order valence-corrected chi connectivity index (χ3v) is 6.52. The molecule has 4 N–H and O–H groups in total. The predicted molar refractivity (Wildman–Crippen MR) is 124 cm³/mol. The van der Waals surface area contributed by atoms with E-state index < -0.39 is 50.2 Å². The number of benzene rings is 1. The molecule has 14 nitrogen and oxygen atoms in total. The number of fused-ring (bicyclic) bond motifs is 1. The number of para-hydroxylation sites is 2. The van der Waals surface area contributed by atoms with Crippen LogP contribution in [0.25, 0.3) is 11.2 Å². The number of ether oxygens (including phenoxy) is 3. The van der Waals surface area contributed by atoms with Gasteiger partial charge in [0.15, 0.2) is 34.9 Å². The lowest BCUT2D eigenvalue weighted by Crippen LogP contribution is -2.41. The van der Waals surface area contributed by atoms with Crippen LogP contribution in [-0.2, 0) is 14.3 Å². The summed E-state index contributed by atoms with van der Waals surface area (Å²) in [5, 5.41) is 20.6. The Bertz CT molecular complexity index is 1340. The van der Waals surface area contributed by atoms with Gasteiger partial charge in [-0.1, -0.05) is 16.9 Å². The van der Waals surface area contributed by atoms with E-state index in [1.54, 1.807) is 12.1 Å². The fourth-order valence-electron chi connectivity index (χ4n) is 3.72. The molecule has 16 heteroatoms. The molecule has 1 aromatic carbocycles. The van der Waals surface area contributed by atoms with E-state index in [9.17, 15) is 19.9 Å². The van der Waals surface area contributed by atoms with Crippen molar-refractivity contribution in [3.63, 3.8) is 0 Å². The molecule has 6 atom stereocenters. The molecule has 2 aromatic heterocycles. The molecule has 1 aliphatic rings. The smallest absolute Gasteiger partial charge is 0.395 e. The second-order valence-corrected chi connectivity index (χ2v) is 9.14. The lowest BCUT2D eigenvalue weighted by atomic mass is 9.98. The van der Waals surface area contributed by atoms with Gasteiger partial charge < -0.3 is 35.1 Å². The number of aromatic nitrogens is 4. The maximum atomic E-state index is 15.7. The van der Waals surface area contributed by atoms with Crippen LogP contribution < -0.4 is 19.9 Å². The fourth-order valence-corrected chi connectivity index (χ4v) is 4.47. The van der Waals surface area contributed by atoms with Crippen LogP contribution in [0.1, 0.15) is 20.1 Å². The number of imidazole rings is 1. The van der Waals surface area contributed by atoms with E-state index in [1.165, 1.54) is 37.1 Å². The largest absolute Gasteiger partial charge is 0.575 e. The van der Waals surface area contributed by atoms with E-state index in [2.05, 4.69) is 24.4 Å². The van der Waals surface area contributed by atoms with Gasteiger partial charge in [-0.3, -0.25) is 9.09 Å². The van der Waals surface area contributed by atoms with Gasteiger partial charge in [0, 0.05) is 0 Å². The Kier molecular flexibility index (Phi) is 7.41. The zero-order chi connectivity index (χ0) is 26.9. The normalized spacial score (nSPS) is 24.7. The Balaban J connectivity index is 1.51. The Morgan fingerprint density at radius 2 is 2.11 bits per heavy atom. The summed E-state index contributed by atoms with van der Waals surface area (Å²) < 4.78 is 41.9. The number of aliphatic hydroxyl groups is 1. The maximum Gasteiger partial charge on any atom is 0.395 e. The van der Waals surface area contributed by atoms with Gasteiger partial charge in [-0.25, -0.2) is 14.2 Å². The lowest BCUT2D eigenvalue weighted by molar-refractivity contribution is -0.169. The molecule has 4 rings (SSSR count). The van der Waals surface area contributed by atoms with Gasteiger partial charge in [0.1, 0.15) is 18.8 Å². The van der Waals surface area contributed by atoms with Crippen molar-refractivity contribution in [1.29, 1.82) is 0 Å². The van der Waals surface area contributed by atoms with Crippen LogP contribution in [0, 0.1) is 0 Å². The van der Waals surface area contributed by atoms with Gasteiger partial charge in [-0.2, -0.15) is 9.97 Å². The van der Waals surface area contributed by atoms with E-state index in [1.807, 2.05) is 0 Å². The highest BCUT2D eigenvalue weighted by molar-refractivity contribution is 7.34. The van der Waals surface area contributed by atoms with E-state index in [0.29, 0.717) is 0 Å². The van der Waals surface area contributed by atoms with Crippen LogP contribution in [0.5, 0.6) is 17.4 Å². The number of carbonyl (C=O) groups excluding carboxylic acids is 1. The number of nitrogens with two attached hydrogens (primary N) is 1. The fraction of sp³-hybridized carbons (Fsp3) is 0.429. The molecule has 1 fully saturated rings. The third-order valence-electron chi connectivity index (χ3n) is 5.63. The Labute approximate surface area is 210 Å². The zero-order valence-corrected chi connectivity index (χ0v) is 20.8. The molecular weight excluding hydrogens is 514 g/mol. The molecule has 1 saturated heterocycles. The van der Waals surface area contributed by atoms with Crippen LogP contribution in [0.2, 0.25) is 0 Å². The van der Waals surface area contributed by atoms with E-state index in [-0.39, 0.29) is 35.2 Å². The van der Waals surface area contributed by atoms with Gasteiger partial charge >= 0.3 is 14.1 Å². The molecule has 37 heavy (non-hydrogen) atoms. The molecule has 0 saturated carbocycles. The number of aliphatic hydroxyl groups excluding tert-OH is 1. The van der Waals surface area contributed by atoms with Gasteiger partial charge in [0.2, 0.25) is 17.6 Å². The SMILES string of the molecule is COC(=O)[C@H](C)/N=[P+](\[O-])Oc1ccccc1OC[C@H]1O[C@@H](n2cnc3c(O)nc(N)nc32)[C@](C)(F)[C@@H]1O. The summed E-state index contributed by atoms with van der Waals surface area (Å²) in [4.78, 5) is 35.3. The Morgan fingerprint density at radius 3 is 2.81 bits per heavy atom. The van der Waals surface area contributed by atoms with Crippen molar-refractivity contribution in [2.24, 2.45) is 4.74 Å². The van der Waals surface area contributed by atoms with Crippen molar-refractivity contribution < 1.29 is 43.0 Å².